The zero-order chi connectivity index (χ0) is 23.7. The summed E-state index contributed by atoms with van der Waals surface area (Å²) < 4.78 is 0. The molecule has 0 saturated carbocycles. The maximum Gasteiger partial charge on any atom is 0.0457 e. The topological polar surface area (TPSA) is 12.9 Å². The van der Waals surface area contributed by atoms with Gasteiger partial charge in [-0.2, -0.15) is 0 Å². The highest BCUT2D eigenvalue weighted by molar-refractivity contribution is 5.27. The Kier molecular flexibility index (Phi) is 9.69. The van der Waals surface area contributed by atoms with Crippen LogP contribution in [0.4, 0.5) is 0 Å². The molecule has 0 atom stereocenters. The summed E-state index contributed by atoms with van der Waals surface area (Å²) in [5.74, 6) is 0. The van der Waals surface area contributed by atoms with E-state index in [-0.39, 0.29) is 10.8 Å². The molecule has 2 aromatic carbocycles. The summed E-state index contributed by atoms with van der Waals surface area (Å²) in [6.45, 7) is 22.0. The number of hydrogen-bond donors (Lipinski definition) is 0. The van der Waals surface area contributed by atoms with Crippen LogP contribution in [0.15, 0.2) is 79.0 Å². The summed E-state index contributed by atoms with van der Waals surface area (Å²) in [7, 11) is 0. The molecule has 0 saturated heterocycles. The summed E-state index contributed by atoms with van der Waals surface area (Å²) >= 11 is 0. The van der Waals surface area contributed by atoms with Crippen LogP contribution in [0.25, 0.3) is 0 Å². The van der Waals surface area contributed by atoms with Gasteiger partial charge in [-0.05, 0) is 41.0 Å². The van der Waals surface area contributed by atoms with Gasteiger partial charge in [0, 0.05) is 17.3 Å². The molecule has 0 unspecified atom stereocenters. The predicted octanol–water partition coefficient (Wildman–Crippen LogP) is 8.66. The number of rotatable bonds is 0. The van der Waals surface area contributed by atoms with E-state index in [9.17, 15) is 0 Å². The molecule has 0 amide bonds. The van der Waals surface area contributed by atoms with Crippen molar-refractivity contribution in [1.82, 2.24) is 4.98 Å². The summed E-state index contributed by atoms with van der Waals surface area (Å²) in [6, 6.07) is 25.3. The Morgan fingerprint density at radius 3 is 1.35 bits per heavy atom. The predicted molar refractivity (Wildman–Crippen MR) is 138 cm³/mol. The average molecular weight is 418 g/mol. The molecule has 0 bridgehead atoms. The Hall–Kier alpha value is -2.41. The zero-order valence-corrected chi connectivity index (χ0v) is 21.5. The van der Waals surface area contributed by atoms with Crippen LogP contribution in [0, 0.1) is 6.92 Å². The molecule has 1 nitrogen and oxygen atoms in total. The molecule has 0 fully saturated rings. The van der Waals surface area contributed by atoms with Crippen molar-refractivity contribution in [3.63, 3.8) is 0 Å². The Bertz CT molecular complexity index is 824. The molecule has 1 aromatic heterocycles. The molecular formula is C30H43N. The Morgan fingerprint density at radius 2 is 1.03 bits per heavy atom. The third-order valence-electron chi connectivity index (χ3n) is 4.96. The first-order valence-electron chi connectivity index (χ1n) is 11.3. The molecule has 168 valence electrons. The smallest absolute Gasteiger partial charge is 0.0457 e. The van der Waals surface area contributed by atoms with Gasteiger partial charge in [0.15, 0.2) is 0 Å². The quantitative estimate of drug-likeness (QED) is 0.356. The van der Waals surface area contributed by atoms with Crippen LogP contribution in [-0.2, 0) is 16.2 Å². The van der Waals surface area contributed by atoms with Crippen LogP contribution in [0.5, 0.6) is 0 Å². The summed E-state index contributed by atoms with van der Waals surface area (Å²) in [5.41, 5.74) is 6.06. The van der Waals surface area contributed by atoms with E-state index < -0.39 is 0 Å². The lowest BCUT2D eigenvalue weighted by molar-refractivity contribution is 0.569. The van der Waals surface area contributed by atoms with Gasteiger partial charge in [-0.1, -0.05) is 129 Å². The van der Waals surface area contributed by atoms with Crippen molar-refractivity contribution in [3.05, 3.63) is 101 Å². The fourth-order valence-corrected chi connectivity index (χ4v) is 2.86. The van der Waals surface area contributed by atoms with Crippen LogP contribution >= 0.6 is 0 Å². The molecule has 0 aliphatic heterocycles. The van der Waals surface area contributed by atoms with Crippen LogP contribution in [0.2, 0.25) is 0 Å². The Balaban J connectivity index is 0.000000233. The van der Waals surface area contributed by atoms with E-state index >= 15 is 0 Å². The SMILES string of the molecule is CC(C)(C)c1ccccc1.CC(C)(C)c1ccccn1.Cc1cccc(C(C)(C)C)c1. The zero-order valence-electron chi connectivity index (χ0n) is 21.5. The molecule has 3 rings (SSSR count). The molecule has 0 N–H and O–H groups in total. The van der Waals surface area contributed by atoms with Gasteiger partial charge in [0.05, 0.1) is 0 Å². The lowest BCUT2D eigenvalue weighted by Crippen LogP contribution is -2.12. The minimum atomic E-state index is 0.182. The van der Waals surface area contributed by atoms with Crippen molar-refractivity contribution >= 4 is 0 Å². The highest BCUT2D eigenvalue weighted by Gasteiger charge is 2.14. The van der Waals surface area contributed by atoms with Gasteiger partial charge in [0.2, 0.25) is 0 Å². The minimum Gasteiger partial charge on any atom is -0.261 e. The number of nitrogens with zero attached hydrogens (tertiary/aromatic N) is 1. The second kappa shape index (κ2) is 11.3. The van der Waals surface area contributed by atoms with Crippen LogP contribution in [0.1, 0.15) is 84.7 Å². The summed E-state index contributed by atoms with van der Waals surface area (Å²) in [4.78, 5) is 4.25. The van der Waals surface area contributed by atoms with Crippen molar-refractivity contribution in [1.29, 1.82) is 0 Å². The number of hydrogen-bond acceptors (Lipinski definition) is 1. The summed E-state index contributed by atoms with van der Waals surface area (Å²) in [6.07, 6.45) is 1.83. The van der Waals surface area contributed by atoms with Gasteiger partial charge >= 0.3 is 0 Å². The maximum atomic E-state index is 4.25. The Labute approximate surface area is 192 Å². The van der Waals surface area contributed by atoms with E-state index in [4.69, 9.17) is 0 Å². The lowest BCUT2D eigenvalue weighted by atomic mass is 9.86. The Morgan fingerprint density at radius 1 is 0.516 bits per heavy atom. The largest absolute Gasteiger partial charge is 0.261 e. The molecule has 0 aliphatic carbocycles. The average Bonchev–Trinajstić information content (AvgIpc) is 2.68. The number of benzene rings is 2. The van der Waals surface area contributed by atoms with Crippen molar-refractivity contribution in [2.45, 2.75) is 85.5 Å². The van der Waals surface area contributed by atoms with E-state index in [0.29, 0.717) is 5.41 Å². The van der Waals surface area contributed by atoms with E-state index in [1.54, 1.807) is 0 Å². The molecule has 31 heavy (non-hydrogen) atoms. The van der Waals surface area contributed by atoms with Gasteiger partial charge in [0.1, 0.15) is 0 Å². The second-order valence-electron chi connectivity index (χ2n) is 11.2. The van der Waals surface area contributed by atoms with E-state index in [1.807, 2.05) is 18.3 Å². The monoisotopic (exact) mass is 417 g/mol. The molecule has 0 spiro atoms. The summed E-state index contributed by atoms with van der Waals surface area (Å²) in [5, 5.41) is 0. The van der Waals surface area contributed by atoms with Crippen molar-refractivity contribution < 1.29 is 0 Å². The molecule has 0 radical (unpaired) electrons. The highest BCUT2D eigenvalue weighted by atomic mass is 14.7. The third-order valence-corrected chi connectivity index (χ3v) is 4.96. The minimum absolute atomic E-state index is 0.182. The van der Waals surface area contributed by atoms with Crippen molar-refractivity contribution in [2.24, 2.45) is 0 Å². The molecule has 1 heteroatoms. The van der Waals surface area contributed by atoms with Crippen LogP contribution < -0.4 is 0 Å². The number of aromatic nitrogens is 1. The molecule has 0 aliphatic rings. The van der Waals surface area contributed by atoms with Gasteiger partial charge in [-0.15, -0.1) is 0 Å². The fourth-order valence-electron chi connectivity index (χ4n) is 2.86. The van der Waals surface area contributed by atoms with Crippen molar-refractivity contribution in [2.75, 3.05) is 0 Å². The lowest BCUT2D eigenvalue weighted by Gasteiger charge is -2.19. The highest BCUT2D eigenvalue weighted by Crippen LogP contribution is 2.22. The van der Waals surface area contributed by atoms with Gasteiger partial charge in [-0.25, -0.2) is 0 Å². The first-order valence-corrected chi connectivity index (χ1v) is 11.3. The van der Waals surface area contributed by atoms with Crippen LogP contribution in [-0.4, -0.2) is 4.98 Å². The first kappa shape index (κ1) is 26.6. The molecular weight excluding hydrogens is 374 g/mol. The standard InChI is InChI=1S/C11H16.C10H14.C9H13N/c1-9-6-5-7-10(8-9)11(2,3)4;1-10(2,3)9-7-5-4-6-8-9;1-9(2,3)8-6-4-5-7-10-8/h5-8H,1-4H3;4-8H,1-3H3;4-7H,1-3H3. The van der Waals surface area contributed by atoms with Gasteiger partial charge in [-0.3, -0.25) is 4.98 Å². The van der Waals surface area contributed by atoms with Crippen molar-refractivity contribution in [3.8, 4) is 0 Å². The molecule has 1 heterocycles. The number of aryl methyl sites for hydroxylation is 1. The normalized spacial score (nSPS) is 11.5. The molecule has 3 aromatic rings. The van der Waals surface area contributed by atoms with E-state index in [2.05, 4.69) is 135 Å². The van der Waals surface area contributed by atoms with Crippen LogP contribution in [0.3, 0.4) is 0 Å². The van der Waals surface area contributed by atoms with Gasteiger partial charge < -0.3 is 0 Å². The van der Waals surface area contributed by atoms with E-state index in [0.717, 1.165) is 5.69 Å². The number of pyridine rings is 1. The first-order chi connectivity index (χ1) is 14.2. The van der Waals surface area contributed by atoms with Gasteiger partial charge in [0.25, 0.3) is 0 Å². The second-order valence-corrected chi connectivity index (χ2v) is 11.2. The third kappa shape index (κ3) is 10.4. The maximum absolute atomic E-state index is 4.25. The fraction of sp³-hybridized carbons (Fsp3) is 0.433. The van der Waals surface area contributed by atoms with E-state index in [1.165, 1.54) is 16.7 Å².